The zero-order valence-corrected chi connectivity index (χ0v) is 9.94. The van der Waals surface area contributed by atoms with Gasteiger partial charge in [0.1, 0.15) is 12.0 Å². The Kier molecular flexibility index (Phi) is 3.57. The SMILES string of the molecule is COc1cccc2c1CCC(CCC=O)C2=O. The van der Waals surface area contributed by atoms with E-state index in [0.717, 1.165) is 36.0 Å². The summed E-state index contributed by atoms with van der Waals surface area (Å²) in [6, 6.07) is 5.59. The summed E-state index contributed by atoms with van der Waals surface area (Å²) >= 11 is 0. The molecule has 0 saturated carbocycles. The second-order valence-electron chi connectivity index (χ2n) is 4.33. The van der Waals surface area contributed by atoms with Crippen molar-refractivity contribution in [2.75, 3.05) is 7.11 Å². The average Bonchev–Trinajstić information content (AvgIpc) is 2.37. The normalized spacial score (nSPS) is 18.6. The van der Waals surface area contributed by atoms with Gasteiger partial charge in [0, 0.05) is 23.5 Å². The standard InChI is InChI=1S/C14H16O3/c1-17-13-6-2-5-12-11(13)8-7-10(14(12)16)4-3-9-15/h2,5-6,9-10H,3-4,7-8H2,1H3. The van der Waals surface area contributed by atoms with E-state index in [1.54, 1.807) is 7.11 Å². The number of carbonyl (C=O) groups is 2. The quantitative estimate of drug-likeness (QED) is 0.749. The van der Waals surface area contributed by atoms with Crippen molar-refractivity contribution < 1.29 is 14.3 Å². The summed E-state index contributed by atoms with van der Waals surface area (Å²) in [5.74, 6) is 0.955. The van der Waals surface area contributed by atoms with Crippen molar-refractivity contribution in [2.24, 2.45) is 5.92 Å². The van der Waals surface area contributed by atoms with Crippen LogP contribution in [0.25, 0.3) is 0 Å². The number of Topliss-reactive ketones (excluding diaryl/α,β-unsaturated/α-hetero) is 1. The van der Waals surface area contributed by atoms with E-state index in [1.165, 1.54) is 0 Å². The number of aldehydes is 1. The molecule has 0 amide bonds. The van der Waals surface area contributed by atoms with Crippen molar-refractivity contribution >= 4 is 12.1 Å². The zero-order chi connectivity index (χ0) is 12.3. The largest absolute Gasteiger partial charge is 0.496 e. The van der Waals surface area contributed by atoms with Crippen LogP contribution < -0.4 is 4.74 Å². The fourth-order valence-corrected chi connectivity index (χ4v) is 2.46. The van der Waals surface area contributed by atoms with Crippen LogP contribution in [0.1, 0.15) is 35.2 Å². The molecule has 0 radical (unpaired) electrons. The topological polar surface area (TPSA) is 43.4 Å². The lowest BCUT2D eigenvalue weighted by molar-refractivity contribution is -0.108. The van der Waals surface area contributed by atoms with Gasteiger partial charge in [-0.05, 0) is 25.3 Å². The van der Waals surface area contributed by atoms with E-state index in [2.05, 4.69) is 0 Å². The number of rotatable bonds is 4. The van der Waals surface area contributed by atoms with Crippen LogP contribution in [-0.2, 0) is 11.2 Å². The Morgan fingerprint density at radius 3 is 3.00 bits per heavy atom. The number of benzene rings is 1. The van der Waals surface area contributed by atoms with E-state index < -0.39 is 0 Å². The fourth-order valence-electron chi connectivity index (χ4n) is 2.46. The van der Waals surface area contributed by atoms with Crippen LogP contribution in [0.4, 0.5) is 0 Å². The Balaban J connectivity index is 2.27. The van der Waals surface area contributed by atoms with Crippen molar-refractivity contribution in [2.45, 2.75) is 25.7 Å². The molecule has 3 heteroatoms. The molecular weight excluding hydrogens is 216 g/mol. The first-order valence-electron chi connectivity index (χ1n) is 5.91. The molecule has 0 heterocycles. The van der Waals surface area contributed by atoms with E-state index in [-0.39, 0.29) is 11.7 Å². The number of fused-ring (bicyclic) bond motifs is 1. The smallest absolute Gasteiger partial charge is 0.166 e. The van der Waals surface area contributed by atoms with Crippen LogP contribution in [0, 0.1) is 5.92 Å². The zero-order valence-electron chi connectivity index (χ0n) is 9.94. The molecular formula is C14H16O3. The molecule has 3 nitrogen and oxygen atoms in total. The van der Waals surface area contributed by atoms with Gasteiger partial charge in [-0.25, -0.2) is 0 Å². The molecule has 1 aliphatic rings. The predicted molar refractivity (Wildman–Crippen MR) is 64.4 cm³/mol. The lowest BCUT2D eigenvalue weighted by atomic mass is 9.80. The number of hydrogen-bond acceptors (Lipinski definition) is 3. The number of ketones is 1. The maximum atomic E-state index is 12.2. The summed E-state index contributed by atoms with van der Waals surface area (Å²) in [5.41, 5.74) is 1.79. The average molecular weight is 232 g/mol. The summed E-state index contributed by atoms with van der Waals surface area (Å²) in [6.07, 6.45) is 3.69. The molecule has 0 saturated heterocycles. The van der Waals surface area contributed by atoms with Gasteiger partial charge in [0.05, 0.1) is 7.11 Å². The Morgan fingerprint density at radius 2 is 2.29 bits per heavy atom. The monoisotopic (exact) mass is 232 g/mol. The summed E-state index contributed by atoms with van der Waals surface area (Å²) in [4.78, 5) is 22.6. The molecule has 2 rings (SSSR count). The maximum Gasteiger partial charge on any atom is 0.166 e. The first-order valence-corrected chi connectivity index (χ1v) is 5.91. The minimum atomic E-state index is -0.000180. The van der Waals surface area contributed by atoms with Gasteiger partial charge in [0.25, 0.3) is 0 Å². The minimum absolute atomic E-state index is 0.000180. The molecule has 1 aliphatic carbocycles. The molecule has 0 N–H and O–H groups in total. The van der Waals surface area contributed by atoms with Crippen LogP contribution in [0.15, 0.2) is 18.2 Å². The van der Waals surface area contributed by atoms with Crippen LogP contribution in [0.2, 0.25) is 0 Å². The molecule has 1 atom stereocenters. The molecule has 1 unspecified atom stereocenters. The van der Waals surface area contributed by atoms with Crippen LogP contribution in [-0.4, -0.2) is 19.2 Å². The van der Waals surface area contributed by atoms with Crippen molar-refractivity contribution in [3.05, 3.63) is 29.3 Å². The van der Waals surface area contributed by atoms with Crippen molar-refractivity contribution in [1.29, 1.82) is 0 Å². The number of hydrogen-bond donors (Lipinski definition) is 0. The van der Waals surface area contributed by atoms with Gasteiger partial charge in [-0.3, -0.25) is 4.79 Å². The van der Waals surface area contributed by atoms with Crippen LogP contribution in [0.3, 0.4) is 0 Å². The van der Waals surface area contributed by atoms with E-state index in [9.17, 15) is 9.59 Å². The van der Waals surface area contributed by atoms with Gasteiger partial charge in [0.15, 0.2) is 5.78 Å². The lowest BCUT2D eigenvalue weighted by Crippen LogP contribution is -2.23. The van der Waals surface area contributed by atoms with Gasteiger partial charge in [-0.15, -0.1) is 0 Å². The minimum Gasteiger partial charge on any atom is -0.496 e. The Labute approximate surface area is 101 Å². The summed E-state index contributed by atoms with van der Waals surface area (Å²) < 4.78 is 5.27. The molecule has 0 fully saturated rings. The molecule has 0 aromatic heterocycles. The van der Waals surface area contributed by atoms with Crippen LogP contribution >= 0.6 is 0 Å². The van der Waals surface area contributed by atoms with Crippen molar-refractivity contribution in [3.8, 4) is 5.75 Å². The Morgan fingerprint density at radius 1 is 1.47 bits per heavy atom. The highest BCUT2D eigenvalue weighted by atomic mass is 16.5. The van der Waals surface area contributed by atoms with Crippen molar-refractivity contribution in [1.82, 2.24) is 0 Å². The van der Waals surface area contributed by atoms with Crippen molar-refractivity contribution in [3.63, 3.8) is 0 Å². The second kappa shape index (κ2) is 5.13. The molecule has 1 aromatic carbocycles. The fraction of sp³-hybridized carbons (Fsp3) is 0.429. The first kappa shape index (κ1) is 11.8. The van der Waals surface area contributed by atoms with Gasteiger partial charge in [-0.1, -0.05) is 12.1 Å². The van der Waals surface area contributed by atoms with E-state index >= 15 is 0 Å². The van der Waals surface area contributed by atoms with Crippen LogP contribution in [0.5, 0.6) is 5.75 Å². The molecule has 0 spiro atoms. The lowest BCUT2D eigenvalue weighted by Gasteiger charge is -2.24. The third-order valence-corrected chi connectivity index (χ3v) is 3.36. The maximum absolute atomic E-state index is 12.2. The highest BCUT2D eigenvalue weighted by Crippen LogP contribution is 2.33. The Hall–Kier alpha value is -1.64. The second-order valence-corrected chi connectivity index (χ2v) is 4.33. The highest BCUT2D eigenvalue weighted by Gasteiger charge is 2.28. The molecule has 1 aromatic rings. The van der Waals surface area contributed by atoms with Gasteiger partial charge < -0.3 is 9.53 Å². The van der Waals surface area contributed by atoms with E-state index in [4.69, 9.17) is 4.74 Å². The van der Waals surface area contributed by atoms with Gasteiger partial charge in [-0.2, -0.15) is 0 Å². The summed E-state index contributed by atoms with van der Waals surface area (Å²) in [7, 11) is 1.62. The molecule has 17 heavy (non-hydrogen) atoms. The molecule has 90 valence electrons. The predicted octanol–water partition coefficient (Wildman–Crippen LogP) is 2.42. The Bertz CT molecular complexity index is 437. The third kappa shape index (κ3) is 2.23. The van der Waals surface area contributed by atoms with E-state index in [0.29, 0.717) is 12.8 Å². The summed E-state index contributed by atoms with van der Waals surface area (Å²) in [5, 5.41) is 0. The first-order chi connectivity index (χ1) is 8.27. The molecule has 0 aliphatic heterocycles. The third-order valence-electron chi connectivity index (χ3n) is 3.36. The number of carbonyl (C=O) groups excluding carboxylic acids is 2. The van der Waals surface area contributed by atoms with Gasteiger partial charge >= 0.3 is 0 Å². The highest BCUT2D eigenvalue weighted by molar-refractivity contribution is 6.00. The molecule has 0 bridgehead atoms. The van der Waals surface area contributed by atoms with E-state index in [1.807, 2.05) is 18.2 Å². The summed E-state index contributed by atoms with van der Waals surface area (Å²) in [6.45, 7) is 0. The number of ether oxygens (including phenoxy) is 1. The van der Waals surface area contributed by atoms with Gasteiger partial charge in [0.2, 0.25) is 0 Å². The number of methoxy groups -OCH3 is 1.